The first kappa shape index (κ1) is 24.4. The van der Waals surface area contributed by atoms with Crippen molar-refractivity contribution in [3.05, 3.63) is 0 Å². The van der Waals surface area contributed by atoms with Gasteiger partial charge in [0, 0.05) is 0 Å². The molecule has 25 heavy (non-hydrogen) atoms. The van der Waals surface area contributed by atoms with Gasteiger partial charge in [-0.1, -0.05) is 96.8 Å². The molecule has 0 fully saturated rings. The number of hydrogen-bond acceptors (Lipinski definition) is 3. The molecule has 0 aliphatic heterocycles. The average molecular weight is 375 g/mol. The fraction of sp³-hybridized carbons (Fsp3) is 0.905. The molecule has 0 saturated heterocycles. The highest BCUT2D eigenvalue weighted by molar-refractivity contribution is 6.65. The number of carbonyl (C=O) groups excluding carboxylic acids is 2. The van der Waals surface area contributed by atoms with E-state index in [4.69, 9.17) is 16.3 Å². The Morgan fingerprint density at radius 2 is 1.12 bits per heavy atom. The summed E-state index contributed by atoms with van der Waals surface area (Å²) in [5.41, 5.74) is 0. The zero-order chi connectivity index (χ0) is 18.8. The van der Waals surface area contributed by atoms with E-state index in [2.05, 4.69) is 6.92 Å². The molecule has 0 bridgehead atoms. The van der Waals surface area contributed by atoms with Crippen LogP contribution in [0.4, 0.5) is 0 Å². The Kier molecular flexibility index (Phi) is 17.8. The van der Waals surface area contributed by atoms with Gasteiger partial charge in [0.1, 0.15) is 5.92 Å². The first-order chi connectivity index (χ1) is 12.1. The standard InChI is InChI=1S/C21H39ClO3/c1-3-5-6-7-8-9-10-11-12-13-14-15-16-17-18-19(20(22)23)21(24)25-4-2/h19H,3-18H2,1-2H3. The van der Waals surface area contributed by atoms with Gasteiger partial charge in [0.05, 0.1) is 6.61 Å². The van der Waals surface area contributed by atoms with Crippen molar-refractivity contribution in [1.82, 2.24) is 0 Å². The minimum absolute atomic E-state index is 0.290. The van der Waals surface area contributed by atoms with Crippen molar-refractivity contribution in [2.75, 3.05) is 6.61 Å². The monoisotopic (exact) mass is 374 g/mol. The molecule has 0 amide bonds. The zero-order valence-corrected chi connectivity index (χ0v) is 17.2. The number of rotatable bonds is 18. The minimum atomic E-state index is -0.779. The summed E-state index contributed by atoms with van der Waals surface area (Å²) in [6.07, 6.45) is 18.5. The van der Waals surface area contributed by atoms with E-state index in [-0.39, 0.29) is 6.61 Å². The Labute approximate surface area is 160 Å². The molecule has 148 valence electrons. The van der Waals surface area contributed by atoms with Crippen molar-refractivity contribution < 1.29 is 14.3 Å². The van der Waals surface area contributed by atoms with E-state index in [9.17, 15) is 9.59 Å². The molecule has 1 atom stereocenters. The first-order valence-corrected chi connectivity index (χ1v) is 10.9. The lowest BCUT2D eigenvalue weighted by molar-refractivity contribution is -0.150. The maximum Gasteiger partial charge on any atom is 0.317 e. The minimum Gasteiger partial charge on any atom is -0.465 e. The van der Waals surface area contributed by atoms with Crippen LogP contribution in [-0.4, -0.2) is 17.8 Å². The van der Waals surface area contributed by atoms with Crippen LogP contribution in [0.2, 0.25) is 0 Å². The molecule has 3 nitrogen and oxygen atoms in total. The van der Waals surface area contributed by atoms with Gasteiger partial charge in [0.25, 0.3) is 0 Å². The molecule has 0 aromatic rings. The SMILES string of the molecule is CCCCCCCCCCCCCCCCC(C(=O)Cl)C(=O)OCC. The number of hydrogen-bond donors (Lipinski definition) is 0. The smallest absolute Gasteiger partial charge is 0.317 e. The Morgan fingerprint density at radius 1 is 0.720 bits per heavy atom. The maximum absolute atomic E-state index is 11.6. The number of esters is 1. The van der Waals surface area contributed by atoms with E-state index < -0.39 is 17.1 Å². The Balaban J connectivity index is 3.40. The third kappa shape index (κ3) is 15.4. The molecule has 0 aromatic carbocycles. The van der Waals surface area contributed by atoms with E-state index in [0.29, 0.717) is 6.42 Å². The summed E-state index contributed by atoms with van der Waals surface area (Å²) < 4.78 is 4.89. The van der Waals surface area contributed by atoms with Crippen molar-refractivity contribution in [2.24, 2.45) is 5.92 Å². The lowest BCUT2D eigenvalue weighted by atomic mass is 10.0. The summed E-state index contributed by atoms with van der Waals surface area (Å²) in [5.74, 6) is -1.25. The van der Waals surface area contributed by atoms with Crippen LogP contribution in [0.1, 0.15) is 110 Å². The zero-order valence-electron chi connectivity index (χ0n) is 16.5. The fourth-order valence-electron chi connectivity index (χ4n) is 3.11. The third-order valence-corrected chi connectivity index (χ3v) is 4.95. The third-order valence-electron chi connectivity index (χ3n) is 4.69. The van der Waals surface area contributed by atoms with Crippen LogP contribution < -0.4 is 0 Å². The molecule has 0 radical (unpaired) electrons. The van der Waals surface area contributed by atoms with Gasteiger partial charge in [-0.2, -0.15) is 0 Å². The quantitative estimate of drug-likeness (QED) is 0.115. The molecule has 0 rings (SSSR count). The summed E-state index contributed by atoms with van der Waals surface area (Å²) in [5, 5.41) is -0.590. The summed E-state index contributed by atoms with van der Waals surface area (Å²) in [6.45, 7) is 4.29. The normalized spacial score (nSPS) is 12.1. The highest BCUT2D eigenvalue weighted by Crippen LogP contribution is 2.17. The molecule has 0 saturated carbocycles. The summed E-state index contributed by atoms with van der Waals surface area (Å²) in [7, 11) is 0. The van der Waals surface area contributed by atoms with E-state index in [1.807, 2.05) is 0 Å². The van der Waals surface area contributed by atoms with Crippen molar-refractivity contribution in [1.29, 1.82) is 0 Å². The second-order valence-electron chi connectivity index (χ2n) is 6.99. The lowest BCUT2D eigenvalue weighted by Gasteiger charge is -2.11. The van der Waals surface area contributed by atoms with E-state index in [1.165, 1.54) is 77.0 Å². The Morgan fingerprint density at radius 3 is 1.48 bits per heavy atom. The number of unbranched alkanes of at least 4 members (excludes halogenated alkanes) is 13. The average Bonchev–Trinajstić information content (AvgIpc) is 2.58. The molecular formula is C21H39ClO3. The number of halogens is 1. The van der Waals surface area contributed by atoms with Crippen molar-refractivity contribution >= 4 is 22.8 Å². The molecule has 1 unspecified atom stereocenters. The van der Waals surface area contributed by atoms with E-state index in [0.717, 1.165) is 12.8 Å². The molecule has 0 aromatic heterocycles. The van der Waals surface area contributed by atoms with Crippen LogP contribution in [0.3, 0.4) is 0 Å². The second kappa shape index (κ2) is 18.2. The van der Waals surface area contributed by atoms with Gasteiger partial charge in [-0.3, -0.25) is 9.59 Å². The molecule has 0 spiro atoms. The topological polar surface area (TPSA) is 43.4 Å². The van der Waals surface area contributed by atoms with Crippen molar-refractivity contribution in [2.45, 2.75) is 110 Å². The van der Waals surface area contributed by atoms with Gasteiger partial charge in [-0.25, -0.2) is 0 Å². The molecule has 4 heteroatoms. The molecule has 0 heterocycles. The van der Waals surface area contributed by atoms with Crippen LogP contribution in [-0.2, 0) is 14.3 Å². The van der Waals surface area contributed by atoms with Gasteiger partial charge in [-0.15, -0.1) is 0 Å². The molecule has 0 aliphatic carbocycles. The highest BCUT2D eigenvalue weighted by atomic mass is 35.5. The van der Waals surface area contributed by atoms with Crippen LogP contribution in [0, 0.1) is 5.92 Å². The Hall–Kier alpha value is -0.570. The van der Waals surface area contributed by atoms with Gasteiger partial charge in [0.2, 0.25) is 5.24 Å². The molecule has 0 N–H and O–H groups in total. The van der Waals surface area contributed by atoms with E-state index >= 15 is 0 Å². The van der Waals surface area contributed by atoms with Crippen LogP contribution in [0.25, 0.3) is 0 Å². The Bertz CT molecular complexity index is 331. The highest BCUT2D eigenvalue weighted by Gasteiger charge is 2.25. The summed E-state index contributed by atoms with van der Waals surface area (Å²) >= 11 is 5.49. The van der Waals surface area contributed by atoms with E-state index in [1.54, 1.807) is 6.92 Å². The first-order valence-electron chi connectivity index (χ1n) is 10.5. The fourth-order valence-corrected chi connectivity index (χ4v) is 3.31. The van der Waals surface area contributed by atoms with Gasteiger partial charge in [0.15, 0.2) is 0 Å². The predicted octanol–water partition coefficient (Wildman–Crippen LogP) is 6.80. The second-order valence-corrected chi connectivity index (χ2v) is 7.37. The summed E-state index contributed by atoms with van der Waals surface area (Å²) in [4.78, 5) is 22.9. The lowest BCUT2D eigenvalue weighted by Crippen LogP contribution is -2.23. The molecule has 0 aliphatic rings. The molecular weight excluding hydrogens is 336 g/mol. The number of carbonyl (C=O) groups is 2. The largest absolute Gasteiger partial charge is 0.465 e. The van der Waals surface area contributed by atoms with Crippen LogP contribution >= 0.6 is 11.6 Å². The van der Waals surface area contributed by atoms with Crippen molar-refractivity contribution in [3.8, 4) is 0 Å². The van der Waals surface area contributed by atoms with Crippen molar-refractivity contribution in [3.63, 3.8) is 0 Å². The summed E-state index contributed by atoms with van der Waals surface area (Å²) in [6, 6.07) is 0. The van der Waals surface area contributed by atoms with Crippen LogP contribution in [0.5, 0.6) is 0 Å². The number of ether oxygens (including phenoxy) is 1. The maximum atomic E-state index is 11.6. The van der Waals surface area contributed by atoms with Crippen LogP contribution in [0.15, 0.2) is 0 Å². The van der Waals surface area contributed by atoms with Gasteiger partial charge >= 0.3 is 5.97 Å². The van der Waals surface area contributed by atoms with Gasteiger partial charge in [-0.05, 0) is 24.9 Å². The predicted molar refractivity (Wildman–Crippen MR) is 106 cm³/mol. The van der Waals surface area contributed by atoms with Gasteiger partial charge < -0.3 is 4.74 Å².